The number of ether oxygens (including phenoxy) is 1. The van der Waals surface area contributed by atoms with E-state index in [9.17, 15) is 22.8 Å². The van der Waals surface area contributed by atoms with Crippen molar-refractivity contribution in [2.45, 2.75) is 12.2 Å². The summed E-state index contributed by atoms with van der Waals surface area (Å²) >= 11 is 0. The maximum atomic E-state index is 11.8. The fourth-order valence-electron chi connectivity index (χ4n) is 1.40. The summed E-state index contributed by atoms with van der Waals surface area (Å²) in [6.07, 6.45) is -4.54. The van der Waals surface area contributed by atoms with Gasteiger partial charge in [0, 0.05) is 0 Å². The van der Waals surface area contributed by atoms with Crippen molar-refractivity contribution in [2.24, 2.45) is 0 Å². The molecule has 1 aromatic rings. The molecule has 0 radical (unpaired) electrons. The van der Waals surface area contributed by atoms with Gasteiger partial charge in [0.15, 0.2) is 6.04 Å². The molecule has 1 amide bonds. The van der Waals surface area contributed by atoms with Gasteiger partial charge in [-0.3, -0.25) is 4.79 Å². The van der Waals surface area contributed by atoms with Crippen LogP contribution >= 0.6 is 0 Å². The Balaban J connectivity index is 2.55. The Labute approximate surface area is 112 Å². The maximum absolute atomic E-state index is 11.8. The summed E-state index contributed by atoms with van der Waals surface area (Å²) in [5.41, 5.74) is 0.309. The maximum Gasteiger partial charge on any atom is 0.411 e. The van der Waals surface area contributed by atoms with Gasteiger partial charge in [-0.1, -0.05) is 30.3 Å². The SMILES string of the molecule is O=C(COCC(F)(F)F)N[C@H](C(=O)O)c1ccccc1. The number of alkyl halides is 3. The van der Waals surface area contributed by atoms with Crippen LogP contribution in [0.5, 0.6) is 0 Å². The summed E-state index contributed by atoms with van der Waals surface area (Å²) < 4.78 is 39.6. The van der Waals surface area contributed by atoms with E-state index in [1.54, 1.807) is 18.2 Å². The lowest BCUT2D eigenvalue weighted by atomic mass is 10.1. The fourth-order valence-corrected chi connectivity index (χ4v) is 1.40. The van der Waals surface area contributed by atoms with Crippen molar-refractivity contribution >= 4 is 11.9 Å². The average Bonchev–Trinajstić information content (AvgIpc) is 2.35. The van der Waals surface area contributed by atoms with E-state index in [2.05, 4.69) is 10.1 Å². The van der Waals surface area contributed by atoms with Crippen molar-refractivity contribution in [2.75, 3.05) is 13.2 Å². The van der Waals surface area contributed by atoms with E-state index in [1.807, 2.05) is 0 Å². The molecular formula is C12H12F3NO4. The molecule has 0 aliphatic carbocycles. The Morgan fingerprint density at radius 1 is 1.25 bits per heavy atom. The lowest BCUT2D eigenvalue weighted by Gasteiger charge is -2.15. The Bertz CT molecular complexity index is 462. The lowest BCUT2D eigenvalue weighted by molar-refractivity contribution is -0.176. The van der Waals surface area contributed by atoms with Gasteiger partial charge in [0.1, 0.15) is 13.2 Å². The summed E-state index contributed by atoms with van der Waals surface area (Å²) in [6, 6.07) is 6.45. The summed E-state index contributed by atoms with van der Waals surface area (Å²) in [5.74, 6) is -2.26. The van der Waals surface area contributed by atoms with Crippen LogP contribution in [0.2, 0.25) is 0 Å². The molecule has 2 N–H and O–H groups in total. The van der Waals surface area contributed by atoms with Gasteiger partial charge in [-0.15, -0.1) is 0 Å². The molecule has 20 heavy (non-hydrogen) atoms. The minimum Gasteiger partial charge on any atom is -0.479 e. The first-order valence-electron chi connectivity index (χ1n) is 5.51. The molecule has 0 aromatic heterocycles. The van der Waals surface area contributed by atoms with Crippen LogP contribution in [0.4, 0.5) is 13.2 Å². The van der Waals surface area contributed by atoms with Crippen molar-refractivity contribution in [3.8, 4) is 0 Å². The number of amides is 1. The van der Waals surface area contributed by atoms with Crippen LogP contribution in [0.15, 0.2) is 30.3 Å². The van der Waals surface area contributed by atoms with Crippen LogP contribution in [-0.4, -0.2) is 36.4 Å². The highest BCUT2D eigenvalue weighted by atomic mass is 19.4. The number of carbonyl (C=O) groups excluding carboxylic acids is 1. The minimum atomic E-state index is -4.54. The monoisotopic (exact) mass is 291 g/mol. The van der Waals surface area contributed by atoms with Crippen LogP contribution in [0.3, 0.4) is 0 Å². The predicted octanol–water partition coefficient (Wildman–Crippen LogP) is 1.51. The van der Waals surface area contributed by atoms with E-state index in [1.165, 1.54) is 12.1 Å². The first-order chi connectivity index (χ1) is 9.29. The average molecular weight is 291 g/mol. The second-order valence-electron chi connectivity index (χ2n) is 3.86. The van der Waals surface area contributed by atoms with Crippen molar-refractivity contribution in [3.05, 3.63) is 35.9 Å². The van der Waals surface area contributed by atoms with Crippen LogP contribution in [0.25, 0.3) is 0 Å². The number of hydrogen-bond acceptors (Lipinski definition) is 3. The van der Waals surface area contributed by atoms with Gasteiger partial charge < -0.3 is 15.2 Å². The molecule has 0 spiro atoms. The number of carboxylic acid groups (broad SMARTS) is 1. The Morgan fingerprint density at radius 2 is 1.85 bits per heavy atom. The molecule has 5 nitrogen and oxygen atoms in total. The summed E-state index contributed by atoms with van der Waals surface area (Å²) in [5, 5.41) is 11.1. The number of carboxylic acids is 1. The second-order valence-corrected chi connectivity index (χ2v) is 3.86. The number of nitrogens with one attached hydrogen (secondary N) is 1. The van der Waals surface area contributed by atoms with Crippen LogP contribution < -0.4 is 5.32 Å². The third-order valence-electron chi connectivity index (χ3n) is 2.18. The van der Waals surface area contributed by atoms with Gasteiger partial charge in [-0.05, 0) is 5.56 Å². The molecule has 8 heteroatoms. The highest BCUT2D eigenvalue weighted by molar-refractivity contribution is 5.85. The van der Waals surface area contributed by atoms with Crippen LogP contribution in [0, 0.1) is 0 Å². The van der Waals surface area contributed by atoms with Crippen LogP contribution in [0.1, 0.15) is 11.6 Å². The van der Waals surface area contributed by atoms with Gasteiger partial charge in [0.25, 0.3) is 0 Å². The number of aliphatic carboxylic acids is 1. The largest absolute Gasteiger partial charge is 0.479 e. The van der Waals surface area contributed by atoms with Crippen molar-refractivity contribution in [1.82, 2.24) is 5.32 Å². The van der Waals surface area contributed by atoms with Gasteiger partial charge in [-0.25, -0.2) is 4.79 Å². The van der Waals surface area contributed by atoms with Gasteiger partial charge in [-0.2, -0.15) is 13.2 Å². The number of rotatable bonds is 6. The standard InChI is InChI=1S/C12H12F3NO4/c13-12(14,15)7-20-6-9(17)16-10(11(18)19)8-4-2-1-3-5-8/h1-5,10H,6-7H2,(H,16,17)(H,18,19)/t10-/m0/s1. The first-order valence-corrected chi connectivity index (χ1v) is 5.51. The third kappa shape index (κ3) is 5.70. The molecule has 0 saturated heterocycles. The normalized spacial score (nSPS) is 12.8. The predicted molar refractivity (Wildman–Crippen MR) is 61.8 cm³/mol. The van der Waals surface area contributed by atoms with Gasteiger partial charge >= 0.3 is 12.1 Å². The van der Waals surface area contributed by atoms with Gasteiger partial charge in [0.2, 0.25) is 5.91 Å². The lowest BCUT2D eigenvalue weighted by Crippen LogP contribution is -2.36. The molecule has 0 unspecified atom stereocenters. The zero-order valence-electron chi connectivity index (χ0n) is 10.2. The van der Waals surface area contributed by atoms with E-state index in [0.29, 0.717) is 5.56 Å². The summed E-state index contributed by atoms with van der Waals surface area (Å²) in [7, 11) is 0. The molecule has 0 fully saturated rings. The van der Waals surface area contributed by atoms with Crippen molar-refractivity contribution in [1.29, 1.82) is 0 Å². The van der Waals surface area contributed by atoms with Crippen molar-refractivity contribution in [3.63, 3.8) is 0 Å². The number of benzene rings is 1. The van der Waals surface area contributed by atoms with E-state index in [4.69, 9.17) is 5.11 Å². The Morgan fingerprint density at radius 3 is 2.35 bits per heavy atom. The molecule has 110 valence electrons. The zero-order valence-corrected chi connectivity index (χ0v) is 10.2. The molecule has 1 aromatic carbocycles. The van der Waals surface area contributed by atoms with E-state index in [0.717, 1.165) is 0 Å². The van der Waals surface area contributed by atoms with E-state index >= 15 is 0 Å². The highest BCUT2D eigenvalue weighted by Crippen LogP contribution is 2.15. The zero-order chi connectivity index (χ0) is 15.2. The number of halogens is 3. The Hall–Kier alpha value is -2.09. The second kappa shape index (κ2) is 6.90. The number of carbonyl (C=O) groups is 2. The first kappa shape index (κ1) is 16.0. The molecule has 0 aliphatic rings. The fraction of sp³-hybridized carbons (Fsp3) is 0.333. The summed E-state index contributed by atoms with van der Waals surface area (Å²) in [6.45, 7) is -2.43. The van der Waals surface area contributed by atoms with Gasteiger partial charge in [0.05, 0.1) is 0 Å². The molecule has 0 aliphatic heterocycles. The molecule has 1 atom stereocenters. The number of hydrogen-bond donors (Lipinski definition) is 2. The van der Waals surface area contributed by atoms with E-state index < -0.39 is 37.3 Å². The Kier molecular flexibility index (Phi) is 5.51. The minimum absolute atomic E-state index is 0.309. The molecular weight excluding hydrogens is 279 g/mol. The third-order valence-corrected chi connectivity index (χ3v) is 2.18. The van der Waals surface area contributed by atoms with E-state index in [-0.39, 0.29) is 0 Å². The highest BCUT2D eigenvalue weighted by Gasteiger charge is 2.28. The molecule has 0 heterocycles. The molecule has 0 bridgehead atoms. The van der Waals surface area contributed by atoms with Crippen LogP contribution in [-0.2, 0) is 14.3 Å². The molecule has 0 saturated carbocycles. The topological polar surface area (TPSA) is 75.6 Å². The smallest absolute Gasteiger partial charge is 0.411 e. The summed E-state index contributed by atoms with van der Waals surface area (Å²) in [4.78, 5) is 22.4. The molecule has 1 rings (SSSR count). The quantitative estimate of drug-likeness (QED) is 0.833. The van der Waals surface area contributed by atoms with Crippen molar-refractivity contribution < 1.29 is 32.6 Å².